The minimum Gasteiger partial charge on any atom is -0.290 e. The van der Waals surface area contributed by atoms with Gasteiger partial charge in [-0.3, -0.25) is 14.8 Å². The summed E-state index contributed by atoms with van der Waals surface area (Å²) >= 11 is 0. The lowest BCUT2D eigenvalue weighted by Crippen LogP contribution is -2.25. The van der Waals surface area contributed by atoms with Gasteiger partial charge in [-0.25, -0.2) is 0 Å². The highest BCUT2D eigenvalue weighted by atomic mass is 16.1. The van der Waals surface area contributed by atoms with Crippen molar-refractivity contribution in [3.8, 4) is 22.3 Å². The van der Waals surface area contributed by atoms with Crippen LogP contribution in [0, 0.1) is 0 Å². The summed E-state index contributed by atoms with van der Waals surface area (Å²) in [6.45, 7) is 0. The van der Waals surface area contributed by atoms with E-state index in [-0.39, 0.29) is 5.78 Å². The second-order valence-electron chi connectivity index (χ2n) is 6.31. The lowest BCUT2D eigenvalue weighted by molar-refractivity contribution is -0.110. The quantitative estimate of drug-likeness (QED) is 0.724. The number of carbonyl (C=O) groups excluding carboxylic acids is 1. The van der Waals surface area contributed by atoms with Crippen LogP contribution < -0.4 is 10.4 Å². The third-order valence-electron chi connectivity index (χ3n) is 4.82. The molecule has 3 aromatic rings. The summed E-state index contributed by atoms with van der Waals surface area (Å²) in [6.07, 6.45) is 14.6. The molecule has 0 saturated heterocycles. The van der Waals surface area contributed by atoms with Crippen LogP contribution in [0.4, 0.5) is 0 Å². The molecule has 2 aliphatic carbocycles. The van der Waals surface area contributed by atoms with Crippen LogP contribution in [0.1, 0.15) is 0 Å². The van der Waals surface area contributed by atoms with Crippen molar-refractivity contribution in [1.29, 1.82) is 0 Å². The molecular weight excluding hydrogens is 320 g/mol. The maximum absolute atomic E-state index is 11.8. The highest BCUT2D eigenvalue weighted by Crippen LogP contribution is 2.30. The van der Waals surface area contributed by atoms with Crippen molar-refractivity contribution in [3.05, 3.63) is 95.4 Å². The van der Waals surface area contributed by atoms with Crippen LogP contribution in [-0.4, -0.2) is 15.8 Å². The molecule has 2 aliphatic rings. The average Bonchev–Trinajstić information content (AvgIpc) is 3.06. The molecule has 0 spiro atoms. The predicted octanol–water partition coefficient (Wildman–Crippen LogP) is 2.82. The molecule has 3 heteroatoms. The van der Waals surface area contributed by atoms with Gasteiger partial charge in [0.05, 0.1) is 0 Å². The van der Waals surface area contributed by atoms with Crippen molar-refractivity contribution in [1.82, 2.24) is 9.97 Å². The second kappa shape index (κ2) is 5.74. The van der Waals surface area contributed by atoms with E-state index in [0.29, 0.717) is 0 Å². The fraction of sp³-hybridized carbons (Fsp3) is 0. The molecule has 2 heterocycles. The zero-order valence-electron chi connectivity index (χ0n) is 13.9. The van der Waals surface area contributed by atoms with E-state index in [1.165, 1.54) is 0 Å². The summed E-state index contributed by atoms with van der Waals surface area (Å²) in [5.41, 5.74) is 6.60. The number of fused-ring (bicyclic) bond motifs is 2. The lowest BCUT2D eigenvalue weighted by Gasteiger charge is -2.11. The summed E-state index contributed by atoms with van der Waals surface area (Å²) in [5.74, 6) is 0.0348. The number of nitrogens with zero attached hydrogens (tertiary/aromatic N) is 2. The Bertz CT molecular complexity index is 1220. The highest BCUT2D eigenvalue weighted by Gasteiger charge is 2.18. The fourth-order valence-electron chi connectivity index (χ4n) is 3.67. The molecule has 0 radical (unpaired) electrons. The number of hydrogen-bond acceptors (Lipinski definition) is 3. The summed E-state index contributed by atoms with van der Waals surface area (Å²) < 4.78 is 0. The van der Waals surface area contributed by atoms with Crippen molar-refractivity contribution in [2.45, 2.75) is 0 Å². The molecule has 1 aromatic carbocycles. The van der Waals surface area contributed by atoms with Gasteiger partial charge in [-0.2, -0.15) is 0 Å². The van der Waals surface area contributed by atoms with Crippen LogP contribution in [0.5, 0.6) is 0 Å². The Balaban J connectivity index is 1.91. The molecule has 26 heavy (non-hydrogen) atoms. The van der Waals surface area contributed by atoms with E-state index in [0.717, 1.165) is 43.8 Å². The predicted molar refractivity (Wildman–Crippen MR) is 102 cm³/mol. The minimum absolute atomic E-state index is 0.0348. The molecule has 122 valence electrons. The zero-order chi connectivity index (χ0) is 17.5. The van der Waals surface area contributed by atoms with E-state index < -0.39 is 0 Å². The fourth-order valence-corrected chi connectivity index (χ4v) is 3.67. The molecule has 0 aliphatic heterocycles. The van der Waals surface area contributed by atoms with Gasteiger partial charge in [-0.05, 0) is 92.4 Å². The summed E-state index contributed by atoms with van der Waals surface area (Å²) in [7, 11) is 0. The first-order valence-corrected chi connectivity index (χ1v) is 8.45. The molecule has 0 bridgehead atoms. The first-order valence-electron chi connectivity index (χ1n) is 8.45. The van der Waals surface area contributed by atoms with Gasteiger partial charge in [0.1, 0.15) is 0 Å². The molecule has 2 aromatic heterocycles. The topological polar surface area (TPSA) is 42.9 Å². The number of benzene rings is 1. The van der Waals surface area contributed by atoms with Crippen molar-refractivity contribution < 1.29 is 4.79 Å². The van der Waals surface area contributed by atoms with Gasteiger partial charge < -0.3 is 0 Å². The number of pyridine rings is 2. The van der Waals surface area contributed by atoms with E-state index in [4.69, 9.17) is 0 Å². The number of rotatable bonds is 2. The Kier molecular flexibility index (Phi) is 3.25. The number of aromatic nitrogens is 2. The molecule has 3 nitrogen and oxygen atoms in total. The Hall–Kier alpha value is -3.59. The lowest BCUT2D eigenvalue weighted by atomic mass is 9.93. The van der Waals surface area contributed by atoms with E-state index in [9.17, 15) is 4.79 Å². The van der Waals surface area contributed by atoms with Gasteiger partial charge >= 0.3 is 0 Å². The SMILES string of the molecule is O=C1C=CC2=c3ccc(-c4ccncc4)c(-c4ccncc4)c3=CC2=C1. The van der Waals surface area contributed by atoms with Crippen molar-refractivity contribution >= 4 is 17.4 Å². The molecule has 0 saturated carbocycles. The first kappa shape index (κ1) is 14.7. The van der Waals surface area contributed by atoms with E-state index >= 15 is 0 Å². The molecule has 0 N–H and O–H groups in total. The maximum Gasteiger partial charge on any atom is 0.179 e. The average molecular weight is 334 g/mol. The molecule has 0 fully saturated rings. The van der Waals surface area contributed by atoms with Crippen LogP contribution in [0.2, 0.25) is 0 Å². The molecule has 0 unspecified atom stereocenters. The Morgan fingerprint density at radius 3 is 2.12 bits per heavy atom. The molecule has 5 rings (SSSR count). The van der Waals surface area contributed by atoms with Crippen LogP contribution in [-0.2, 0) is 4.79 Å². The van der Waals surface area contributed by atoms with Crippen molar-refractivity contribution in [3.63, 3.8) is 0 Å². The van der Waals surface area contributed by atoms with E-state index in [1.807, 2.05) is 42.7 Å². The van der Waals surface area contributed by atoms with Gasteiger partial charge in [-0.15, -0.1) is 0 Å². The molecule has 0 amide bonds. The number of ketones is 1. The van der Waals surface area contributed by atoms with Gasteiger partial charge in [-0.1, -0.05) is 12.1 Å². The van der Waals surface area contributed by atoms with Crippen molar-refractivity contribution in [2.24, 2.45) is 0 Å². The minimum atomic E-state index is 0.0348. The van der Waals surface area contributed by atoms with E-state index in [1.54, 1.807) is 24.5 Å². The van der Waals surface area contributed by atoms with Crippen molar-refractivity contribution in [2.75, 3.05) is 0 Å². The third-order valence-corrected chi connectivity index (χ3v) is 4.82. The summed E-state index contributed by atoms with van der Waals surface area (Å²) in [4.78, 5) is 20.1. The van der Waals surface area contributed by atoms with Crippen LogP contribution in [0.15, 0.2) is 85.0 Å². The third kappa shape index (κ3) is 2.25. The highest BCUT2D eigenvalue weighted by molar-refractivity contribution is 6.10. The monoisotopic (exact) mass is 334 g/mol. The smallest absolute Gasteiger partial charge is 0.179 e. The standard InChI is InChI=1S/C23H14N2O/c26-18-1-2-19-17(13-18)14-22-21(19)4-3-20(15-5-9-24-10-6-15)23(22)16-7-11-25-12-8-16/h1-14H. The Morgan fingerprint density at radius 2 is 1.38 bits per heavy atom. The number of carbonyl (C=O) groups is 1. The Labute approximate surface area is 150 Å². The molecule has 0 atom stereocenters. The van der Waals surface area contributed by atoms with Crippen LogP contribution in [0.3, 0.4) is 0 Å². The normalized spacial score (nSPS) is 14.5. The largest absolute Gasteiger partial charge is 0.290 e. The first-order chi connectivity index (χ1) is 12.8. The maximum atomic E-state index is 11.8. The summed E-state index contributed by atoms with van der Waals surface area (Å²) in [6, 6.07) is 12.4. The number of hydrogen-bond donors (Lipinski definition) is 0. The van der Waals surface area contributed by atoms with Gasteiger partial charge in [0.25, 0.3) is 0 Å². The van der Waals surface area contributed by atoms with Gasteiger partial charge in [0.15, 0.2) is 5.78 Å². The van der Waals surface area contributed by atoms with E-state index in [2.05, 4.69) is 28.2 Å². The molecular formula is C23H14N2O. The summed E-state index contributed by atoms with van der Waals surface area (Å²) in [5, 5.41) is 2.30. The van der Waals surface area contributed by atoms with Gasteiger partial charge in [0, 0.05) is 24.8 Å². The zero-order valence-corrected chi connectivity index (χ0v) is 13.9. The Morgan fingerprint density at radius 1 is 0.692 bits per heavy atom. The van der Waals surface area contributed by atoms with Gasteiger partial charge in [0.2, 0.25) is 0 Å². The van der Waals surface area contributed by atoms with Crippen LogP contribution >= 0.6 is 0 Å². The second-order valence-corrected chi connectivity index (χ2v) is 6.31. The van der Waals surface area contributed by atoms with Crippen LogP contribution in [0.25, 0.3) is 33.9 Å². The number of allylic oxidation sites excluding steroid dienone is 4.